The molecule has 0 saturated heterocycles. The van der Waals surface area contributed by atoms with Gasteiger partial charge in [0.15, 0.2) is 0 Å². The molecule has 1 aliphatic heterocycles. The van der Waals surface area contributed by atoms with Crippen LogP contribution >= 0.6 is 11.3 Å². The van der Waals surface area contributed by atoms with E-state index >= 15 is 0 Å². The summed E-state index contributed by atoms with van der Waals surface area (Å²) in [5.74, 6) is 0.275. The largest absolute Gasteiger partial charge is 0.327 e. The summed E-state index contributed by atoms with van der Waals surface area (Å²) < 4.78 is 8.05. The molecule has 4 atom stereocenters. The maximum absolute atomic E-state index is 2.68. The topological polar surface area (TPSA) is 9.86 Å². The molecule has 11 rings (SSSR count). The van der Waals surface area contributed by atoms with Crippen molar-refractivity contribution in [2.75, 3.05) is 0 Å². The zero-order valence-corrected chi connectivity index (χ0v) is 27.8. The first-order valence-electron chi connectivity index (χ1n) is 16.9. The van der Waals surface area contributed by atoms with Crippen LogP contribution in [0.5, 0.6) is 0 Å². The summed E-state index contributed by atoms with van der Waals surface area (Å²) in [6.45, 7) is 9.84. The number of aromatic nitrogens is 2. The molecule has 0 amide bonds. The lowest BCUT2D eigenvalue weighted by atomic mass is 9.55. The van der Waals surface area contributed by atoms with E-state index in [4.69, 9.17) is 0 Å². The van der Waals surface area contributed by atoms with Gasteiger partial charge in [0.1, 0.15) is 0 Å². The lowest BCUT2D eigenvalue weighted by molar-refractivity contribution is 0.353. The second kappa shape index (κ2) is 8.34. The lowest BCUT2D eigenvalue weighted by Crippen LogP contribution is -2.52. The van der Waals surface area contributed by atoms with E-state index in [-0.39, 0.29) is 22.4 Å². The molecule has 0 radical (unpaired) electrons. The Balaban J connectivity index is 1.29. The summed E-state index contributed by atoms with van der Waals surface area (Å²) in [7, 11) is 0. The minimum atomic E-state index is -0.379. The third-order valence-electron chi connectivity index (χ3n) is 12.1. The molecule has 2 nitrogen and oxygen atoms in total. The SMILES string of the molecule is CC1C=CC2(C)C3=C1C(C)(n1c4ccccc4c4cc5sc6ccccc6c5cc41)C=CC3(C)c1cccc3c4ccccc4n2c13. The van der Waals surface area contributed by atoms with Crippen molar-refractivity contribution in [2.24, 2.45) is 5.92 Å². The number of allylic oxidation sites excluding steroid dienone is 6. The molecule has 3 aliphatic rings. The summed E-state index contributed by atoms with van der Waals surface area (Å²) in [6, 6.07) is 38.9. The van der Waals surface area contributed by atoms with Gasteiger partial charge in [0.05, 0.1) is 33.1 Å². The Hall–Kier alpha value is -4.86. The van der Waals surface area contributed by atoms with E-state index < -0.39 is 0 Å². The van der Waals surface area contributed by atoms with Crippen molar-refractivity contribution >= 4 is 75.1 Å². The number of thiophene rings is 1. The van der Waals surface area contributed by atoms with Crippen LogP contribution in [0.3, 0.4) is 0 Å². The smallest absolute Gasteiger partial charge is 0.0834 e. The van der Waals surface area contributed by atoms with Crippen LogP contribution in [-0.4, -0.2) is 9.13 Å². The molecule has 3 aromatic heterocycles. The van der Waals surface area contributed by atoms with Gasteiger partial charge in [-0.05, 0) is 73.7 Å². The number of hydrogen-bond donors (Lipinski definition) is 0. The third kappa shape index (κ3) is 2.91. The predicted octanol–water partition coefficient (Wildman–Crippen LogP) is 11.7. The molecule has 0 saturated carbocycles. The first kappa shape index (κ1) is 26.2. The van der Waals surface area contributed by atoms with Crippen LogP contribution in [0.1, 0.15) is 33.3 Å². The van der Waals surface area contributed by atoms with E-state index in [1.807, 2.05) is 11.3 Å². The third-order valence-corrected chi connectivity index (χ3v) is 13.2. The van der Waals surface area contributed by atoms with Gasteiger partial charge in [-0.15, -0.1) is 11.3 Å². The highest BCUT2D eigenvalue weighted by molar-refractivity contribution is 7.25. The molecule has 0 bridgehead atoms. The van der Waals surface area contributed by atoms with Crippen molar-refractivity contribution < 1.29 is 0 Å². The van der Waals surface area contributed by atoms with Crippen LogP contribution in [-0.2, 0) is 16.5 Å². The van der Waals surface area contributed by atoms with Crippen LogP contribution in [0, 0.1) is 5.92 Å². The van der Waals surface area contributed by atoms with Crippen LogP contribution in [0.15, 0.2) is 139 Å². The summed E-state index contributed by atoms with van der Waals surface area (Å²) >= 11 is 1.91. The van der Waals surface area contributed by atoms with E-state index in [2.05, 4.69) is 164 Å². The fourth-order valence-corrected chi connectivity index (χ4v) is 11.4. The van der Waals surface area contributed by atoms with Crippen molar-refractivity contribution in [3.63, 3.8) is 0 Å². The zero-order valence-electron chi connectivity index (χ0n) is 27.0. The molecule has 2 aliphatic carbocycles. The molecule has 0 spiro atoms. The maximum atomic E-state index is 2.68. The minimum Gasteiger partial charge on any atom is -0.327 e. The predicted molar refractivity (Wildman–Crippen MR) is 201 cm³/mol. The summed E-state index contributed by atoms with van der Waals surface area (Å²) in [5, 5.41) is 8.04. The molecule has 226 valence electrons. The molecule has 5 aromatic carbocycles. The van der Waals surface area contributed by atoms with Crippen LogP contribution < -0.4 is 0 Å². The average Bonchev–Trinajstić information content (AvgIpc) is 3.74. The van der Waals surface area contributed by atoms with E-state index in [0.717, 1.165) is 0 Å². The Morgan fingerprint density at radius 3 is 2.04 bits per heavy atom. The second-order valence-electron chi connectivity index (χ2n) is 14.6. The van der Waals surface area contributed by atoms with Gasteiger partial charge in [-0.25, -0.2) is 0 Å². The Morgan fingerprint density at radius 1 is 0.553 bits per heavy atom. The van der Waals surface area contributed by atoms with Gasteiger partial charge in [-0.1, -0.05) is 104 Å². The van der Waals surface area contributed by atoms with Crippen LogP contribution in [0.4, 0.5) is 0 Å². The number of para-hydroxylation sites is 3. The number of rotatable bonds is 1. The van der Waals surface area contributed by atoms with Gasteiger partial charge >= 0.3 is 0 Å². The molecule has 0 N–H and O–H groups in total. The Bertz CT molecular complexity index is 2810. The Labute approximate surface area is 277 Å². The van der Waals surface area contributed by atoms with Gasteiger partial charge in [-0.3, -0.25) is 0 Å². The van der Waals surface area contributed by atoms with Crippen LogP contribution in [0.25, 0.3) is 63.8 Å². The standard InChI is InChI=1S/C44H34N2S/c1-26-20-21-44(4)41-39(26)43(3,23-22-42(41,2)33-16-11-15-30-27-12-5-9-18-35(27)46(44)40(30)33)45-34-17-8-6-13-28(34)31-25-38-32(24-36(31)45)29-14-7-10-19-37(29)47-38/h5-26H,1-4H3. The fraction of sp³-hybridized carbons (Fsp3) is 0.182. The van der Waals surface area contributed by atoms with E-state index in [1.165, 1.54) is 80.5 Å². The highest BCUT2D eigenvalue weighted by Crippen LogP contribution is 2.61. The highest BCUT2D eigenvalue weighted by atomic mass is 32.1. The monoisotopic (exact) mass is 622 g/mol. The van der Waals surface area contributed by atoms with Crippen molar-refractivity contribution in [2.45, 2.75) is 44.2 Å². The van der Waals surface area contributed by atoms with Crippen LogP contribution in [0.2, 0.25) is 0 Å². The van der Waals surface area contributed by atoms with Gasteiger partial charge in [0.2, 0.25) is 0 Å². The van der Waals surface area contributed by atoms with Gasteiger partial charge < -0.3 is 9.13 Å². The average molecular weight is 623 g/mol. The minimum absolute atomic E-state index is 0.234. The molecule has 4 heterocycles. The van der Waals surface area contributed by atoms with E-state index in [9.17, 15) is 0 Å². The first-order valence-corrected chi connectivity index (χ1v) is 17.7. The lowest BCUT2D eigenvalue weighted by Gasteiger charge is -2.55. The van der Waals surface area contributed by atoms with Gasteiger partial charge in [0.25, 0.3) is 0 Å². The Morgan fingerprint density at radius 2 is 1.23 bits per heavy atom. The van der Waals surface area contributed by atoms with Gasteiger partial charge in [-0.2, -0.15) is 0 Å². The molecule has 47 heavy (non-hydrogen) atoms. The zero-order chi connectivity index (χ0) is 31.4. The second-order valence-corrected chi connectivity index (χ2v) is 15.7. The first-order chi connectivity index (χ1) is 22.8. The van der Waals surface area contributed by atoms with Crippen molar-refractivity contribution in [1.82, 2.24) is 9.13 Å². The van der Waals surface area contributed by atoms with Gasteiger partial charge in [0, 0.05) is 47.1 Å². The van der Waals surface area contributed by atoms with E-state index in [1.54, 1.807) is 0 Å². The molecular formula is C44H34N2S. The molecule has 3 heteroatoms. The highest BCUT2D eigenvalue weighted by Gasteiger charge is 2.55. The number of fused-ring (bicyclic) bond motifs is 11. The number of nitrogens with zero attached hydrogens (tertiary/aromatic N) is 2. The molecule has 8 aromatic rings. The Kier molecular flexibility index (Phi) is 4.66. The summed E-state index contributed by atoms with van der Waals surface area (Å²) in [6.07, 6.45) is 10.1. The number of benzene rings is 5. The molecular weight excluding hydrogens is 589 g/mol. The fourth-order valence-electron chi connectivity index (χ4n) is 10.2. The maximum Gasteiger partial charge on any atom is 0.0834 e. The normalized spacial score (nSPS) is 26.5. The van der Waals surface area contributed by atoms with E-state index in [0.29, 0.717) is 0 Å². The quantitative estimate of drug-likeness (QED) is 0.161. The number of hydrogen-bond acceptors (Lipinski definition) is 1. The van der Waals surface area contributed by atoms with Crippen molar-refractivity contribution in [3.05, 3.63) is 144 Å². The molecule has 4 unspecified atom stereocenters. The van der Waals surface area contributed by atoms with Crippen molar-refractivity contribution in [1.29, 1.82) is 0 Å². The summed E-state index contributed by atoms with van der Waals surface area (Å²) in [4.78, 5) is 0. The van der Waals surface area contributed by atoms with Crippen molar-refractivity contribution in [3.8, 4) is 0 Å². The summed E-state index contributed by atoms with van der Waals surface area (Å²) in [5.41, 5.74) is 8.81. The molecule has 0 fully saturated rings.